The summed E-state index contributed by atoms with van der Waals surface area (Å²) in [7, 11) is 0. The molecule has 1 amide bonds. The third-order valence-corrected chi connectivity index (χ3v) is 2.86. The summed E-state index contributed by atoms with van der Waals surface area (Å²) in [6.07, 6.45) is 1.65. The van der Waals surface area contributed by atoms with E-state index in [0.717, 1.165) is 5.39 Å². The van der Waals surface area contributed by atoms with Gasteiger partial charge >= 0.3 is 0 Å². The van der Waals surface area contributed by atoms with Crippen molar-refractivity contribution < 1.29 is 4.79 Å². The van der Waals surface area contributed by atoms with Gasteiger partial charge in [0, 0.05) is 11.6 Å². The average Bonchev–Trinajstić information content (AvgIpc) is 2.33. The minimum atomic E-state index is -0.593. The van der Waals surface area contributed by atoms with Gasteiger partial charge in [0.25, 0.3) is 0 Å². The van der Waals surface area contributed by atoms with Crippen LogP contribution in [-0.2, 0) is 4.79 Å². The van der Waals surface area contributed by atoms with Crippen molar-refractivity contribution in [1.82, 2.24) is 4.98 Å². The van der Waals surface area contributed by atoms with Crippen molar-refractivity contribution in [2.45, 2.75) is 12.3 Å². The number of nitrogens with zero attached hydrogens (tertiary/aromatic N) is 1. The highest BCUT2D eigenvalue weighted by Crippen LogP contribution is 2.28. The SMILES string of the molecule is CC(Cl)C(=O)Nc1ccc(Cl)c2cccnc12. The second-order valence-electron chi connectivity index (χ2n) is 3.60. The van der Waals surface area contributed by atoms with Gasteiger partial charge in [-0.2, -0.15) is 0 Å². The summed E-state index contributed by atoms with van der Waals surface area (Å²) in [6, 6.07) is 7.09. The molecule has 88 valence electrons. The van der Waals surface area contributed by atoms with Gasteiger partial charge in [-0.1, -0.05) is 11.6 Å². The highest BCUT2D eigenvalue weighted by atomic mass is 35.5. The molecule has 2 aromatic rings. The Bertz CT molecular complexity index is 569. The second-order valence-corrected chi connectivity index (χ2v) is 4.66. The van der Waals surface area contributed by atoms with Crippen molar-refractivity contribution in [1.29, 1.82) is 0 Å². The lowest BCUT2D eigenvalue weighted by molar-refractivity contribution is -0.115. The first-order chi connectivity index (χ1) is 8.09. The Morgan fingerprint density at radius 2 is 2.18 bits per heavy atom. The molecule has 1 aromatic heterocycles. The zero-order chi connectivity index (χ0) is 12.4. The van der Waals surface area contributed by atoms with Gasteiger partial charge in [-0.25, -0.2) is 0 Å². The molecule has 0 aliphatic carbocycles. The number of rotatable bonds is 2. The first-order valence-corrected chi connectivity index (χ1v) is 5.89. The molecule has 1 unspecified atom stereocenters. The van der Waals surface area contributed by atoms with Crippen molar-refractivity contribution in [3.63, 3.8) is 0 Å². The molecular formula is C12H10Cl2N2O. The predicted molar refractivity (Wildman–Crippen MR) is 70.7 cm³/mol. The number of hydrogen-bond acceptors (Lipinski definition) is 2. The van der Waals surface area contributed by atoms with Crippen molar-refractivity contribution in [2.24, 2.45) is 0 Å². The first-order valence-electron chi connectivity index (χ1n) is 5.08. The lowest BCUT2D eigenvalue weighted by atomic mass is 10.2. The van der Waals surface area contributed by atoms with Crippen LogP contribution < -0.4 is 5.32 Å². The molecule has 3 nitrogen and oxygen atoms in total. The second kappa shape index (κ2) is 4.90. The smallest absolute Gasteiger partial charge is 0.242 e. The maximum atomic E-state index is 11.5. The molecule has 0 bridgehead atoms. The third-order valence-electron chi connectivity index (χ3n) is 2.34. The van der Waals surface area contributed by atoms with Gasteiger partial charge in [-0.3, -0.25) is 9.78 Å². The van der Waals surface area contributed by atoms with Crippen molar-refractivity contribution >= 4 is 45.7 Å². The number of benzene rings is 1. The van der Waals surface area contributed by atoms with E-state index in [-0.39, 0.29) is 5.91 Å². The number of carbonyl (C=O) groups excluding carboxylic acids is 1. The summed E-state index contributed by atoms with van der Waals surface area (Å²) in [4.78, 5) is 15.7. The summed E-state index contributed by atoms with van der Waals surface area (Å²) in [5, 5.41) is 3.53. The van der Waals surface area contributed by atoms with Gasteiger partial charge in [0.05, 0.1) is 16.2 Å². The molecule has 1 atom stereocenters. The number of anilines is 1. The number of amides is 1. The van der Waals surface area contributed by atoms with E-state index in [1.54, 1.807) is 31.3 Å². The quantitative estimate of drug-likeness (QED) is 0.848. The fourth-order valence-corrected chi connectivity index (χ4v) is 1.74. The van der Waals surface area contributed by atoms with E-state index < -0.39 is 5.38 Å². The number of alkyl halides is 1. The van der Waals surface area contributed by atoms with Gasteiger partial charge in [0.15, 0.2) is 0 Å². The molecule has 0 fully saturated rings. The fraction of sp³-hybridized carbons (Fsp3) is 0.167. The van der Waals surface area contributed by atoms with E-state index in [9.17, 15) is 4.79 Å². The average molecular weight is 269 g/mol. The molecule has 1 N–H and O–H groups in total. The van der Waals surface area contributed by atoms with Crippen LogP contribution in [0.2, 0.25) is 5.02 Å². The summed E-state index contributed by atoms with van der Waals surface area (Å²) in [5.41, 5.74) is 1.27. The van der Waals surface area contributed by atoms with Gasteiger partial charge in [0.1, 0.15) is 5.38 Å². The van der Waals surface area contributed by atoms with Crippen LogP contribution in [-0.4, -0.2) is 16.3 Å². The Hall–Kier alpha value is -1.32. The molecule has 1 aromatic carbocycles. The normalized spacial score (nSPS) is 12.4. The van der Waals surface area contributed by atoms with Crippen LogP contribution in [0.15, 0.2) is 30.5 Å². The lowest BCUT2D eigenvalue weighted by Crippen LogP contribution is -2.20. The Kier molecular flexibility index (Phi) is 3.50. The van der Waals surface area contributed by atoms with E-state index in [1.165, 1.54) is 0 Å². The van der Waals surface area contributed by atoms with Gasteiger partial charge in [-0.05, 0) is 31.2 Å². The topological polar surface area (TPSA) is 42.0 Å². The van der Waals surface area contributed by atoms with Crippen molar-refractivity contribution in [2.75, 3.05) is 5.32 Å². The summed E-state index contributed by atoms with van der Waals surface area (Å²) in [6.45, 7) is 1.61. The molecule has 5 heteroatoms. The number of carbonyl (C=O) groups is 1. The predicted octanol–water partition coefficient (Wildman–Crippen LogP) is 3.45. The number of halogens is 2. The van der Waals surface area contributed by atoms with Crippen LogP contribution >= 0.6 is 23.2 Å². The minimum Gasteiger partial charge on any atom is -0.323 e. The van der Waals surface area contributed by atoms with Crippen molar-refractivity contribution in [3.05, 3.63) is 35.5 Å². The molecule has 2 rings (SSSR count). The van der Waals surface area contributed by atoms with Crippen LogP contribution in [0.1, 0.15) is 6.92 Å². The largest absolute Gasteiger partial charge is 0.323 e. The lowest BCUT2D eigenvalue weighted by Gasteiger charge is -2.09. The third kappa shape index (κ3) is 2.51. The van der Waals surface area contributed by atoms with E-state index in [1.807, 2.05) is 6.07 Å². The number of nitrogens with one attached hydrogen (secondary N) is 1. The van der Waals surface area contributed by atoms with E-state index in [0.29, 0.717) is 16.2 Å². The van der Waals surface area contributed by atoms with Gasteiger partial charge < -0.3 is 5.32 Å². The Morgan fingerprint density at radius 3 is 2.88 bits per heavy atom. The monoisotopic (exact) mass is 268 g/mol. The highest BCUT2D eigenvalue weighted by Gasteiger charge is 2.12. The molecular weight excluding hydrogens is 259 g/mol. The number of pyridine rings is 1. The van der Waals surface area contributed by atoms with E-state index >= 15 is 0 Å². The summed E-state index contributed by atoms with van der Waals surface area (Å²) in [5.74, 6) is -0.263. The molecule has 0 spiro atoms. The standard InChI is InChI=1S/C12H10Cl2N2O/c1-7(13)12(17)16-10-5-4-9(14)8-3-2-6-15-11(8)10/h2-7H,1H3,(H,16,17). The van der Waals surface area contributed by atoms with Crippen LogP contribution in [0.4, 0.5) is 5.69 Å². The molecule has 0 aliphatic rings. The number of hydrogen-bond donors (Lipinski definition) is 1. The van der Waals surface area contributed by atoms with Crippen LogP contribution in [0.5, 0.6) is 0 Å². The summed E-state index contributed by atoms with van der Waals surface area (Å²) >= 11 is 11.8. The van der Waals surface area contributed by atoms with E-state index in [4.69, 9.17) is 23.2 Å². The Morgan fingerprint density at radius 1 is 1.41 bits per heavy atom. The van der Waals surface area contributed by atoms with E-state index in [2.05, 4.69) is 10.3 Å². The molecule has 17 heavy (non-hydrogen) atoms. The molecule has 1 heterocycles. The zero-order valence-corrected chi connectivity index (χ0v) is 10.6. The maximum Gasteiger partial charge on any atom is 0.242 e. The highest BCUT2D eigenvalue weighted by molar-refractivity contribution is 6.36. The first kappa shape index (κ1) is 12.1. The van der Waals surface area contributed by atoms with Crippen LogP contribution in [0.3, 0.4) is 0 Å². The maximum absolute atomic E-state index is 11.5. The Labute approximate surface area is 109 Å². The summed E-state index contributed by atoms with van der Waals surface area (Å²) < 4.78 is 0. The molecule has 0 radical (unpaired) electrons. The number of aromatic nitrogens is 1. The van der Waals surface area contributed by atoms with Gasteiger partial charge in [0.2, 0.25) is 5.91 Å². The zero-order valence-electron chi connectivity index (χ0n) is 9.08. The fourth-order valence-electron chi connectivity index (χ4n) is 1.47. The van der Waals surface area contributed by atoms with Crippen LogP contribution in [0, 0.1) is 0 Å². The number of fused-ring (bicyclic) bond motifs is 1. The molecule has 0 saturated heterocycles. The Balaban J connectivity index is 2.48. The molecule has 0 aliphatic heterocycles. The molecule has 0 saturated carbocycles. The van der Waals surface area contributed by atoms with Crippen LogP contribution in [0.25, 0.3) is 10.9 Å². The minimum absolute atomic E-state index is 0.263. The van der Waals surface area contributed by atoms with Crippen molar-refractivity contribution in [3.8, 4) is 0 Å². The van der Waals surface area contributed by atoms with Gasteiger partial charge in [-0.15, -0.1) is 11.6 Å².